The van der Waals surface area contributed by atoms with Gasteiger partial charge in [0.25, 0.3) is 0 Å². The van der Waals surface area contributed by atoms with Crippen LogP contribution in [0.5, 0.6) is 0 Å². The third-order valence-electron chi connectivity index (χ3n) is 8.08. The second kappa shape index (κ2) is 9.27. The van der Waals surface area contributed by atoms with E-state index in [-0.39, 0.29) is 65.1 Å². The minimum absolute atomic E-state index is 0.0545. The fourth-order valence-electron chi connectivity index (χ4n) is 6.89. The maximum atomic E-state index is 13.1. The van der Waals surface area contributed by atoms with Crippen LogP contribution in [0.15, 0.2) is 12.1 Å². The smallest absolute Gasteiger partial charge is 0.236 e. The van der Waals surface area contributed by atoms with Crippen molar-refractivity contribution in [2.75, 3.05) is 23.9 Å². The molecule has 2 amide bonds. The Morgan fingerprint density at radius 1 is 1.09 bits per heavy atom. The molecule has 5 fully saturated rings. The van der Waals surface area contributed by atoms with E-state index in [1.54, 1.807) is 0 Å². The molecule has 4 bridgehead atoms. The molecule has 8 nitrogen and oxygen atoms in total. The van der Waals surface area contributed by atoms with Gasteiger partial charge in [-0.3, -0.25) is 23.0 Å². The molecule has 0 radical (unpaired) electrons. The molecule has 4 aliphatic carbocycles. The quantitative estimate of drug-likeness (QED) is 0.370. The zero-order chi connectivity index (χ0) is 25.3. The van der Waals surface area contributed by atoms with Gasteiger partial charge in [0.1, 0.15) is 0 Å². The summed E-state index contributed by atoms with van der Waals surface area (Å²) in [5, 5.41) is 3.22. The molecular formula is C22H28Cl4N4O4S. The van der Waals surface area contributed by atoms with Crippen molar-refractivity contribution in [3.63, 3.8) is 0 Å². The van der Waals surface area contributed by atoms with Crippen molar-refractivity contribution >= 4 is 74.9 Å². The lowest BCUT2D eigenvalue weighted by Gasteiger charge is -2.59. The number of carbonyl (C=O) groups is 2. The number of alkyl halides is 1. The van der Waals surface area contributed by atoms with Crippen LogP contribution in [0.1, 0.15) is 32.1 Å². The van der Waals surface area contributed by atoms with E-state index >= 15 is 0 Å². The number of nitrogens with one attached hydrogen (secondary N) is 1. The number of anilines is 1. The van der Waals surface area contributed by atoms with Gasteiger partial charge in [0.2, 0.25) is 11.8 Å². The van der Waals surface area contributed by atoms with Crippen LogP contribution < -0.4 is 15.4 Å². The van der Waals surface area contributed by atoms with Crippen molar-refractivity contribution < 1.29 is 18.7 Å². The number of nitrogens with two attached hydrogens (primary N) is 1. The number of hydrogen-bond acceptors (Lipinski definition) is 6. The van der Waals surface area contributed by atoms with E-state index in [0.29, 0.717) is 23.8 Å². The van der Waals surface area contributed by atoms with Crippen LogP contribution in [0.4, 0.5) is 5.69 Å². The van der Waals surface area contributed by atoms with Gasteiger partial charge in [-0.05, 0) is 73.0 Å². The molecule has 0 aromatic heterocycles. The Morgan fingerprint density at radius 2 is 1.69 bits per heavy atom. The van der Waals surface area contributed by atoms with Crippen LogP contribution in [0.25, 0.3) is 0 Å². The number of halogens is 4. The van der Waals surface area contributed by atoms with E-state index in [0.717, 1.165) is 19.3 Å². The molecule has 1 saturated heterocycles. The summed E-state index contributed by atoms with van der Waals surface area (Å²) in [5.74, 6) is 0.319. The van der Waals surface area contributed by atoms with Gasteiger partial charge in [0, 0.05) is 23.0 Å². The van der Waals surface area contributed by atoms with Crippen molar-refractivity contribution in [2.45, 2.75) is 43.5 Å². The van der Waals surface area contributed by atoms with Crippen LogP contribution in [0, 0.1) is 23.2 Å². The standard InChI is InChI=1S/C22H28Cl4N4O4S/c23-14-3-16(25)20(17(26)4-14)30-9-15(24)8-29(35(30,33)34)10-18(31)28-19-12-1-11-2-13(19)7-22(5-11,6-12)21(27)32/h3-4,11-13,15,19,33-34H,1-2,5-10H2,(H2,27,32)(H,28,31). The minimum Gasteiger partial charge on any atom is -0.369 e. The van der Waals surface area contributed by atoms with Crippen LogP contribution in [-0.4, -0.2) is 56.3 Å². The van der Waals surface area contributed by atoms with Crippen LogP contribution in [0.3, 0.4) is 0 Å². The van der Waals surface area contributed by atoms with E-state index in [1.807, 2.05) is 0 Å². The number of carbonyl (C=O) groups excluding carboxylic acids is 2. The summed E-state index contributed by atoms with van der Waals surface area (Å²) < 4.78 is 24.9. The lowest BCUT2D eigenvalue weighted by atomic mass is 9.47. The maximum absolute atomic E-state index is 13.1. The van der Waals surface area contributed by atoms with Crippen molar-refractivity contribution in [3.8, 4) is 0 Å². The molecule has 3 unspecified atom stereocenters. The topological polar surface area (TPSA) is 119 Å². The molecule has 13 heteroatoms. The first-order chi connectivity index (χ1) is 16.4. The zero-order valence-corrected chi connectivity index (χ0v) is 22.6. The molecule has 1 aromatic carbocycles. The van der Waals surface area contributed by atoms with E-state index in [1.165, 1.54) is 20.7 Å². The Hall–Kier alpha value is -0.650. The Bertz CT molecular complexity index is 1020. The summed E-state index contributed by atoms with van der Waals surface area (Å²) in [7, 11) is -3.64. The Labute approximate surface area is 226 Å². The molecule has 6 rings (SSSR count). The second-order valence-corrected chi connectivity index (χ2v) is 14.2. The third kappa shape index (κ3) is 4.61. The van der Waals surface area contributed by atoms with Gasteiger partial charge in [0.05, 0.1) is 34.2 Å². The molecule has 35 heavy (non-hydrogen) atoms. The van der Waals surface area contributed by atoms with Gasteiger partial charge in [-0.15, -0.1) is 11.6 Å². The van der Waals surface area contributed by atoms with Gasteiger partial charge in [-0.25, -0.2) is 0 Å². The number of hydrogen-bond donors (Lipinski definition) is 4. The van der Waals surface area contributed by atoms with Gasteiger partial charge >= 0.3 is 0 Å². The first-order valence-corrected chi connectivity index (χ1v) is 14.6. The van der Waals surface area contributed by atoms with Crippen molar-refractivity contribution in [3.05, 3.63) is 27.2 Å². The molecule has 0 spiro atoms. The molecular weight excluding hydrogens is 558 g/mol. The Balaban J connectivity index is 1.31. The van der Waals surface area contributed by atoms with Crippen molar-refractivity contribution in [2.24, 2.45) is 28.9 Å². The molecule has 5 N–H and O–H groups in total. The summed E-state index contributed by atoms with van der Waals surface area (Å²) >= 11 is 25.1. The monoisotopic (exact) mass is 584 g/mol. The second-order valence-electron chi connectivity index (χ2n) is 10.4. The van der Waals surface area contributed by atoms with E-state index < -0.39 is 21.8 Å². The van der Waals surface area contributed by atoms with Gasteiger partial charge in [-0.1, -0.05) is 34.8 Å². The highest BCUT2D eigenvalue weighted by molar-refractivity contribution is 8.23. The largest absolute Gasteiger partial charge is 0.369 e. The lowest BCUT2D eigenvalue weighted by Crippen LogP contribution is -2.63. The summed E-state index contributed by atoms with van der Waals surface area (Å²) in [5.41, 5.74) is 5.53. The maximum Gasteiger partial charge on any atom is 0.236 e. The number of amides is 2. The summed E-state index contributed by atoms with van der Waals surface area (Å²) in [6, 6.07) is 2.86. The fourth-order valence-corrected chi connectivity index (χ4v) is 10.2. The zero-order valence-electron chi connectivity index (χ0n) is 18.8. The third-order valence-corrected chi connectivity index (χ3v) is 11.0. The molecule has 5 aliphatic rings. The normalized spacial score (nSPS) is 36.7. The molecule has 194 valence electrons. The van der Waals surface area contributed by atoms with Crippen molar-refractivity contribution in [1.82, 2.24) is 9.62 Å². The van der Waals surface area contributed by atoms with Crippen LogP contribution in [0.2, 0.25) is 15.1 Å². The Morgan fingerprint density at radius 3 is 2.26 bits per heavy atom. The fraction of sp³-hybridized carbons (Fsp3) is 0.636. The highest BCUT2D eigenvalue weighted by atomic mass is 35.5. The highest BCUT2D eigenvalue weighted by Gasteiger charge is 2.58. The van der Waals surface area contributed by atoms with E-state index in [4.69, 9.17) is 52.1 Å². The highest BCUT2D eigenvalue weighted by Crippen LogP contribution is 2.60. The molecule has 1 heterocycles. The lowest BCUT2D eigenvalue weighted by molar-refractivity contribution is -0.147. The first-order valence-electron chi connectivity index (χ1n) is 11.6. The number of primary amides is 1. The minimum atomic E-state index is -3.64. The van der Waals surface area contributed by atoms with Gasteiger partial charge in [0.15, 0.2) is 0 Å². The van der Waals surface area contributed by atoms with Gasteiger partial charge in [-0.2, -0.15) is 4.31 Å². The first kappa shape index (κ1) is 26.0. The SMILES string of the molecule is NC(=O)C12CC3CC(C1)C(NC(=O)CN1CC(Cl)CN(c4c(Cl)cc(Cl)cc4Cl)S1(O)O)C(C3)C2. The average Bonchev–Trinajstić information content (AvgIpc) is 2.73. The molecule has 4 saturated carbocycles. The summed E-state index contributed by atoms with van der Waals surface area (Å²) in [4.78, 5) is 25.3. The average molecular weight is 586 g/mol. The summed E-state index contributed by atoms with van der Waals surface area (Å²) in [6.45, 7) is -0.0846. The molecule has 3 atom stereocenters. The summed E-state index contributed by atoms with van der Waals surface area (Å²) in [6.07, 6.45) is 4.20. The number of benzene rings is 1. The van der Waals surface area contributed by atoms with E-state index in [9.17, 15) is 18.7 Å². The van der Waals surface area contributed by atoms with Crippen LogP contribution in [-0.2, 0) is 9.59 Å². The van der Waals surface area contributed by atoms with Crippen molar-refractivity contribution in [1.29, 1.82) is 0 Å². The Kier molecular flexibility index (Phi) is 6.88. The predicted octanol–water partition coefficient (Wildman–Crippen LogP) is 4.75. The predicted molar refractivity (Wildman–Crippen MR) is 140 cm³/mol. The molecule has 1 aliphatic heterocycles. The van der Waals surface area contributed by atoms with E-state index in [2.05, 4.69) is 5.32 Å². The number of rotatable bonds is 5. The number of nitrogens with zero attached hydrogens (tertiary/aromatic N) is 2. The molecule has 1 aromatic rings. The van der Waals surface area contributed by atoms with Gasteiger partial charge < -0.3 is 11.1 Å². The van der Waals surface area contributed by atoms with Crippen LogP contribution >= 0.6 is 57.4 Å².